The van der Waals surface area contributed by atoms with Crippen molar-refractivity contribution in [2.75, 3.05) is 26.2 Å². The summed E-state index contributed by atoms with van der Waals surface area (Å²) in [5, 5.41) is 0. The molecule has 2 N–H and O–H groups in total. The molecule has 244 valence electrons. The van der Waals surface area contributed by atoms with Crippen LogP contribution >= 0.6 is 0 Å². The molecule has 0 unspecified atom stereocenters. The maximum absolute atomic E-state index is 11.7. The summed E-state index contributed by atoms with van der Waals surface area (Å²) in [5.41, 5.74) is 4.18. The zero-order chi connectivity index (χ0) is 33.9. The number of aliphatic imine (C=N–C) groups is 1. The third-order valence-corrected chi connectivity index (χ3v) is 5.16. The predicted molar refractivity (Wildman–Crippen MR) is 158 cm³/mol. The molecule has 14 nitrogen and oxygen atoms in total. The highest BCUT2D eigenvalue weighted by atomic mass is 16.6. The number of imide groups is 2. The van der Waals surface area contributed by atoms with E-state index in [4.69, 9.17) is 15.2 Å². The lowest BCUT2D eigenvalue weighted by atomic mass is 10.1. The van der Waals surface area contributed by atoms with Gasteiger partial charge in [0.15, 0.2) is 0 Å². The van der Waals surface area contributed by atoms with Crippen LogP contribution in [0.2, 0.25) is 0 Å². The molecule has 2 aliphatic rings. The van der Waals surface area contributed by atoms with Crippen molar-refractivity contribution in [3.05, 3.63) is 24.3 Å². The fourth-order valence-corrected chi connectivity index (χ4v) is 3.40. The number of amides is 4. The van der Waals surface area contributed by atoms with Gasteiger partial charge in [-0.2, -0.15) is 0 Å². The minimum atomic E-state index is -0.510. The van der Waals surface area contributed by atoms with Gasteiger partial charge in [-0.25, -0.2) is 9.79 Å². The molecule has 44 heavy (non-hydrogen) atoms. The molecular weight excluding hydrogens is 576 g/mol. The lowest BCUT2D eigenvalue weighted by Crippen LogP contribution is -2.34. The highest BCUT2D eigenvalue weighted by molar-refractivity contribution is 6.13. The number of rotatable bonds is 13. The Hall–Kier alpha value is -4.29. The van der Waals surface area contributed by atoms with E-state index in [0.29, 0.717) is 38.8 Å². The van der Waals surface area contributed by atoms with Crippen molar-refractivity contribution < 1.29 is 47.8 Å². The van der Waals surface area contributed by atoms with E-state index in [1.165, 1.54) is 30.4 Å². The van der Waals surface area contributed by atoms with Crippen molar-refractivity contribution in [2.24, 2.45) is 10.7 Å². The van der Waals surface area contributed by atoms with Crippen LogP contribution in [0.25, 0.3) is 0 Å². The quantitative estimate of drug-likeness (QED) is 0.136. The van der Waals surface area contributed by atoms with Crippen molar-refractivity contribution in [3.63, 3.8) is 0 Å². The second-order valence-corrected chi connectivity index (χ2v) is 11.5. The van der Waals surface area contributed by atoms with E-state index in [9.17, 15) is 38.4 Å². The molecule has 14 heteroatoms. The van der Waals surface area contributed by atoms with Crippen molar-refractivity contribution in [1.29, 1.82) is 0 Å². The number of ether oxygens (including phenoxy) is 2. The Bertz CT molecular complexity index is 1120. The first-order valence-electron chi connectivity index (χ1n) is 14.2. The van der Waals surface area contributed by atoms with Crippen molar-refractivity contribution >= 4 is 47.4 Å². The molecule has 2 heterocycles. The zero-order valence-electron chi connectivity index (χ0n) is 26.4. The predicted octanol–water partition coefficient (Wildman–Crippen LogP) is 1.70. The number of Topliss-reactive ketones (excluding diaryl/α,β-unsaturated/α-hetero) is 1. The minimum absolute atomic E-state index is 0.0237. The number of ketones is 1. The Morgan fingerprint density at radius 1 is 0.705 bits per heavy atom. The lowest BCUT2D eigenvalue weighted by Gasteiger charge is -2.19. The van der Waals surface area contributed by atoms with Gasteiger partial charge >= 0.3 is 11.9 Å². The second kappa shape index (κ2) is 19.8. The Morgan fingerprint density at radius 3 is 1.52 bits per heavy atom. The molecule has 0 saturated carbocycles. The minimum Gasteiger partial charge on any atom is -0.460 e. The van der Waals surface area contributed by atoms with Gasteiger partial charge in [0.05, 0.1) is 13.0 Å². The first-order valence-corrected chi connectivity index (χ1v) is 14.2. The largest absolute Gasteiger partial charge is 0.460 e. The summed E-state index contributed by atoms with van der Waals surface area (Å²) in [7, 11) is 0. The van der Waals surface area contributed by atoms with E-state index in [1.54, 1.807) is 41.5 Å². The summed E-state index contributed by atoms with van der Waals surface area (Å²) >= 11 is 0. The summed E-state index contributed by atoms with van der Waals surface area (Å²) < 4.78 is 10.1. The topological polar surface area (TPSA) is 200 Å². The SMILES string of the molecule is CC(C)(C)OC(=O)CCCC(=O)CCCN1C(=O)C=CC1=O.CC(C)(C)OC(=O)CCN=C=O.NCCN1C(=O)C=CC1=O. The molecule has 2 aliphatic heterocycles. The fraction of sp³-hybridized carbons (Fsp3) is 0.600. The Balaban J connectivity index is 0.000000704. The van der Waals surface area contributed by atoms with Gasteiger partial charge < -0.3 is 15.2 Å². The number of nitrogens with zero attached hydrogens (tertiary/aromatic N) is 3. The average molecular weight is 621 g/mol. The van der Waals surface area contributed by atoms with Gasteiger partial charge in [0, 0.05) is 63.2 Å². The molecule has 0 aromatic rings. The van der Waals surface area contributed by atoms with Crippen LogP contribution in [0.4, 0.5) is 0 Å². The van der Waals surface area contributed by atoms with E-state index >= 15 is 0 Å². The molecule has 0 aromatic heterocycles. The van der Waals surface area contributed by atoms with Crippen molar-refractivity contribution in [2.45, 2.75) is 91.3 Å². The Kier molecular flexibility index (Phi) is 17.9. The average Bonchev–Trinajstić information content (AvgIpc) is 3.38. The van der Waals surface area contributed by atoms with E-state index in [0.717, 1.165) is 9.80 Å². The highest BCUT2D eigenvalue weighted by Crippen LogP contribution is 2.12. The van der Waals surface area contributed by atoms with Gasteiger partial charge in [-0.05, 0) is 54.4 Å². The van der Waals surface area contributed by atoms with E-state index in [1.807, 2.05) is 0 Å². The molecule has 4 amide bonds. The molecule has 0 spiro atoms. The zero-order valence-corrected chi connectivity index (χ0v) is 26.4. The number of carbonyl (C=O) groups is 7. The number of hydrogen-bond donors (Lipinski definition) is 1. The maximum Gasteiger partial charge on any atom is 0.308 e. The molecule has 0 aliphatic carbocycles. The molecule has 0 radical (unpaired) electrons. The summed E-state index contributed by atoms with van der Waals surface area (Å²) in [4.78, 5) is 93.3. The highest BCUT2D eigenvalue weighted by Gasteiger charge is 2.23. The van der Waals surface area contributed by atoms with Crippen LogP contribution in [0.5, 0.6) is 0 Å². The standard InChI is InChI=1S/C16H23NO5.C8H13NO3.C6H8N2O2/c1-16(2,3)22-15(21)8-4-6-12(18)7-5-11-17-13(19)9-10-14(17)20;1-8(2,3)12-7(11)4-5-9-6-10;7-3-4-8-5(9)1-2-6(8)10/h9-10H,4-8,11H2,1-3H3;4-5H2,1-3H3;1-2H,3-4,7H2. The number of hydrogen-bond acceptors (Lipinski definition) is 12. The summed E-state index contributed by atoms with van der Waals surface area (Å²) in [6.45, 7) is 11.8. The van der Waals surface area contributed by atoms with Gasteiger partial charge in [-0.1, -0.05) is 0 Å². The monoisotopic (exact) mass is 620 g/mol. The van der Waals surface area contributed by atoms with Crippen LogP contribution in [0, 0.1) is 0 Å². The van der Waals surface area contributed by atoms with Gasteiger partial charge in [0.25, 0.3) is 23.6 Å². The summed E-state index contributed by atoms with van der Waals surface area (Å²) in [6, 6.07) is 0. The Morgan fingerprint density at radius 2 is 1.11 bits per heavy atom. The third-order valence-electron chi connectivity index (χ3n) is 5.16. The number of esters is 2. The van der Waals surface area contributed by atoms with Crippen LogP contribution in [-0.2, 0) is 47.8 Å². The van der Waals surface area contributed by atoms with Crippen molar-refractivity contribution in [3.8, 4) is 0 Å². The van der Waals surface area contributed by atoms with Gasteiger partial charge in [-0.3, -0.25) is 43.4 Å². The lowest BCUT2D eigenvalue weighted by molar-refractivity contribution is -0.155. The van der Waals surface area contributed by atoms with Gasteiger partial charge in [0.1, 0.15) is 17.0 Å². The smallest absolute Gasteiger partial charge is 0.308 e. The number of carbonyl (C=O) groups excluding carboxylic acids is 8. The first-order chi connectivity index (χ1) is 20.4. The van der Waals surface area contributed by atoms with Crippen LogP contribution in [0.15, 0.2) is 29.3 Å². The normalized spacial score (nSPS) is 14.0. The van der Waals surface area contributed by atoms with Crippen molar-refractivity contribution in [1.82, 2.24) is 9.80 Å². The number of isocyanates is 1. The van der Waals surface area contributed by atoms with Crippen LogP contribution < -0.4 is 5.73 Å². The first kappa shape index (κ1) is 39.7. The molecule has 0 fully saturated rings. The van der Waals surface area contributed by atoms with Gasteiger partial charge in [-0.15, -0.1) is 0 Å². The second-order valence-electron chi connectivity index (χ2n) is 11.5. The number of nitrogens with two attached hydrogens (primary N) is 1. The fourth-order valence-electron chi connectivity index (χ4n) is 3.40. The Labute approximate surface area is 257 Å². The molecule has 0 bridgehead atoms. The molecule has 0 atom stereocenters. The molecular formula is C30H44N4O10. The van der Waals surface area contributed by atoms with Crippen LogP contribution in [0.1, 0.15) is 80.1 Å². The van der Waals surface area contributed by atoms with E-state index in [-0.39, 0.29) is 67.3 Å². The van der Waals surface area contributed by atoms with Crippen LogP contribution in [0.3, 0.4) is 0 Å². The van der Waals surface area contributed by atoms with Gasteiger partial charge in [0.2, 0.25) is 6.08 Å². The maximum atomic E-state index is 11.7. The molecule has 2 rings (SSSR count). The molecule has 0 aromatic carbocycles. The summed E-state index contributed by atoms with van der Waals surface area (Å²) in [6.07, 6.45) is 8.16. The van der Waals surface area contributed by atoms with Crippen LogP contribution in [-0.4, -0.2) is 94.6 Å². The van der Waals surface area contributed by atoms with E-state index < -0.39 is 11.2 Å². The third kappa shape index (κ3) is 19.0. The van der Waals surface area contributed by atoms with E-state index in [2.05, 4.69) is 4.99 Å². The molecule has 0 saturated heterocycles. The summed E-state index contributed by atoms with van der Waals surface area (Å²) in [5.74, 6) is -1.83.